The van der Waals surface area contributed by atoms with Gasteiger partial charge in [-0.3, -0.25) is 4.79 Å². The molecule has 3 heterocycles. The fraction of sp³-hybridized carbons (Fsp3) is 0.357. The third-order valence-corrected chi connectivity index (χ3v) is 5.71. The Balaban J connectivity index is 1.62. The second-order valence-corrected chi connectivity index (χ2v) is 7.31. The van der Waals surface area contributed by atoms with E-state index < -0.39 is 24.0 Å². The first-order valence-corrected chi connectivity index (χ1v) is 8.89. The van der Waals surface area contributed by atoms with Crippen molar-refractivity contribution in [1.29, 1.82) is 0 Å². The number of nitrogens with one attached hydrogen (secondary N) is 2. The predicted octanol–water partition coefficient (Wildman–Crippen LogP) is 1.85. The van der Waals surface area contributed by atoms with Gasteiger partial charge < -0.3 is 25.4 Å². The van der Waals surface area contributed by atoms with Crippen molar-refractivity contribution in [2.24, 2.45) is 0 Å². The number of thiazole rings is 1. The number of anilines is 1. The van der Waals surface area contributed by atoms with Crippen LogP contribution >= 0.6 is 34.5 Å². The maximum atomic E-state index is 12.2. The highest BCUT2D eigenvalue weighted by molar-refractivity contribution is 7.17. The van der Waals surface area contributed by atoms with Crippen molar-refractivity contribution in [2.75, 3.05) is 18.0 Å². The van der Waals surface area contributed by atoms with Crippen LogP contribution in [0.5, 0.6) is 0 Å². The van der Waals surface area contributed by atoms with Gasteiger partial charge in [0, 0.05) is 19.3 Å². The number of aromatic nitrogens is 2. The molecular formula is C14H14Cl2N4O4S. The molecule has 8 nitrogen and oxygen atoms in total. The number of aromatic carboxylic acids is 1. The van der Waals surface area contributed by atoms with Crippen LogP contribution in [0.25, 0.3) is 0 Å². The number of carbonyl (C=O) groups is 2. The summed E-state index contributed by atoms with van der Waals surface area (Å²) in [6.07, 6.45) is 2.35. The minimum Gasteiger partial charge on any atom is -0.477 e. The maximum Gasteiger partial charge on any atom is 0.347 e. The summed E-state index contributed by atoms with van der Waals surface area (Å²) in [5.74, 6) is -1.48. The number of nitrogens with zero attached hydrogens (tertiary/aromatic N) is 2. The van der Waals surface area contributed by atoms with E-state index in [-0.39, 0.29) is 27.2 Å². The van der Waals surface area contributed by atoms with Gasteiger partial charge in [-0.25, -0.2) is 9.78 Å². The Labute approximate surface area is 156 Å². The Hall–Kier alpha value is -1.81. The van der Waals surface area contributed by atoms with Crippen LogP contribution in [0.1, 0.15) is 26.6 Å². The highest BCUT2D eigenvalue weighted by atomic mass is 35.5. The monoisotopic (exact) mass is 404 g/mol. The number of aliphatic hydroxyl groups excluding tert-OH is 1. The van der Waals surface area contributed by atoms with Gasteiger partial charge in [-0.1, -0.05) is 34.5 Å². The van der Waals surface area contributed by atoms with E-state index in [1.807, 2.05) is 0 Å². The quantitative estimate of drug-likeness (QED) is 0.617. The Morgan fingerprint density at radius 3 is 2.76 bits per heavy atom. The lowest BCUT2D eigenvalue weighted by molar-refractivity contribution is 0.0701. The van der Waals surface area contributed by atoms with Crippen LogP contribution in [-0.4, -0.2) is 57.3 Å². The number of hydrogen-bond donors (Lipinski definition) is 4. The minimum absolute atomic E-state index is 0.134. The molecular weight excluding hydrogens is 391 g/mol. The third-order valence-electron chi connectivity index (χ3n) is 3.87. The molecule has 3 rings (SSSR count). The van der Waals surface area contributed by atoms with E-state index in [0.29, 0.717) is 18.1 Å². The van der Waals surface area contributed by atoms with E-state index in [0.717, 1.165) is 11.3 Å². The van der Waals surface area contributed by atoms with Crippen molar-refractivity contribution in [1.82, 2.24) is 15.3 Å². The fourth-order valence-corrected chi connectivity index (χ4v) is 3.70. The molecule has 0 bridgehead atoms. The summed E-state index contributed by atoms with van der Waals surface area (Å²) in [5.41, 5.74) is 0.146. The van der Waals surface area contributed by atoms with Gasteiger partial charge in [-0.2, -0.15) is 0 Å². The highest BCUT2D eigenvalue weighted by Gasteiger charge is 2.31. The molecule has 2 unspecified atom stereocenters. The second-order valence-electron chi connectivity index (χ2n) is 5.52. The largest absolute Gasteiger partial charge is 0.477 e. The average molecular weight is 405 g/mol. The van der Waals surface area contributed by atoms with E-state index in [9.17, 15) is 14.7 Å². The lowest BCUT2D eigenvalue weighted by Gasteiger charge is -2.36. The number of rotatable bonds is 4. The van der Waals surface area contributed by atoms with Gasteiger partial charge in [-0.15, -0.1) is 0 Å². The van der Waals surface area contributed by atoms with Crippen LogP contribution in [0.2, 0.25) is 10.0 Å². The summed E-state index contributed by atoms with van der Waals surface area (Å²) in [4.78, 5) is 31.9. The molecule has 0 saturated carbocycles. The third kappa shape index (κ3) is 3.74. The van der Waals surface area contributed by atoms with Crippen molar-refractivity contribution in [2.45, 2.75) is 18.6 Å². The summed E-state index contributed by atoms with van der Waals surface area (Å²) in [7, 11) is 0. The standard InChI is InChI=1S/C14H14Cl2N4O4S/c15-6-3-17-11(10(6)16)12(22)19-7-1-2-20(5-8(7)21)14-18-4-9(25-14)13(23)24/h3-4,7-8,17,21H,1-2,5H2,(H,19,22)(H,23,24). The fourth-order valence-electron chi connectivity index (χ4n) is 2.57. The van der Waals surface area contributed by atoms with Gasteiger partial charge in [0.05, 0.1) is 28.4 Å². The maximum absolute atomic E-state index is 12.2. The molecule has 1 saturated heterocycles. The van der Waals surface area contributed by atoms with E-state index in [1.54, 1.807) is 4.90 Å². The van der Waals surface area contributed by atoms with E-state index >= 15 is 0 Å². The molecule has 0 aromatic carbocycles. The van der Waals surface area contributed by atoms with Crippen molar-refractivity contribution in [3.63, 3.8) is 0 Å². The summed E-state index contributed by atoms with van der Waals surface area (Å²) >= 11 is 12.8. The molecule has 0 aliphatic carbocycles. The Kier molecular flexibility index (Phi) is 5.19. The second kappa shape index (κ2) is 7.20. The molecule has 11 heteroatoms. The lowest BCUT2D eigenvalue weighted by Crippen LogP contribution is -2.54. The molecule has 1 aliphatic rings. The van der Waals surface area contributed by atoms with Gasteiger partial charge in [0.15, 0.2) is 5.13 Å². The Morgan fingerprint density at radius 1 is 1.44 bits per heavy atom. The molecule has 4 N–H and O–H groups in total. The summed E-state index contributed by atoms with van der Waals surface area (Å²) in [6.45, 7) is 0.754. The van der Waals surface area contributed by atoms with Crippen LogP contribution in [0.4, 0.5) is 5.13 Å². The molecule has 2 aromatic rings. The van der Waals surface area contributed by atoms with Crippen molar-refractivity contribution in [3.05, 3.63) is 33.0 Å². The Morgan fingerprint density at radius 2 is 2.20 bits per heavy atom. The molecule has 1 aliphatic heterocycles. The zero-order valence-electron chi connectivity index (χ0n) is 12.7. The number of aliphatic hydroxyl groups is 1. The zero-order chi connectivity index (χ0) is 18.1. The molecule has 1 fully saturated rings. The average Bonchev–Trinajstić information content (AvgIpc) is 3.18. The molecule has 1 amide bonds. The summed E-state index contributed by atoms with van der Waals surface area (Å²) < 4.78 is 0. The summed E-state index contributed by atoms with van der Waals surface area (Å²) in [5, 5.41) is 22.9. The van der Waals surface area contributed by atoms with Crippen LogP contribution in [0.15, 0.2) is 12.4 Å². The normalized spacial score (nSPS) is 20.5. The van der Waals surface area contributed by atoms with Crippen molar-refractivity contribution >= 4 is 51.5 Å². The van der Waals surface area contributed by atoms with Crippen molar-refractivity contribution < 1.29 is 19.8 Å². The van der Waals surface area contributed by atoms with Gasteiger partial charge in [0.25, 0.3) is 5.91 Å². The highest BCUT2D eigenvalue weighted by Crippen LogP contribution is 2.27. The lowest BCUT2D eigenvalue weighted by atomic mass is 10.0. The zero-order valence-corrected chi connectivity index (χ0v) is 15.0. The first-order chi connectivity index (χ1) is 11.9. The number of hydrogen-bond acceptors (Lipinski definition) is 6. The molecule has 25 heavy (non-hydrogen) atoms. The van der Waals surface area contributed by atoms with Gasteiger partial charge in [0.2, 0.25) is 0 Å². The van der Waals surface area contributed by atoms with Gasteiger partial charge in [-0.05, 0) is 6.42 Å². The number of carboxylic acids is 1. The number of halogens is 2. The van der Waals surface area contributed by atoms with E-state index in [4.69, 9.17) is 28.3 Å². The topological polar surface area (TPSA) is 119 Å². The predicted molar refractivity (Wildman–Crippen MR) is 94.0 cm³/mol. The van der Waals surface area contributed by atoms with Crippen LogP contribution in [0, 0.1) is 0 Å². The smallest absolute Gasteiger partial charge is 0.347 e. The SMILES string of the molecule is O=C(O)c1cnc(N2CCC(NC(=O)c3[nH]cc(Cl)c3Cl)C(O)C2)s1. The molecule has 134 valence electrons. The number of carboxylic acid groups (broad SMARTS) is 1. The number of H-pyrrole nitrogens is 1. The van der Waals surface area contributed by atoms with Crippen LogP contribution in [-0.2, 0) is 0 Å². The number of aromatic amines is 1. The molecule has 0 radical (unpaired) electrons. The number of amides is 1. The van der Waals surface area contributed by atoms with Crippen LogP contribution in [0.3, 0.4) is 0 Å². The number of piperidine rings is 1. The molecule has 2 aromatic heterocycles. The number of β-amino-alcohol motifs (C(OH)–C–C–N with tert-alkyl or cyclic N) is 1. The first-order valence-electron chi connectivity index (χ1n) is 7.32. The van der Waals surface area contributed by atoms with Gasteiger partial charge >= 0.3 is 5.97 Å². The Bertz CT molecular complexity index is 809. The van der Waals surface area contributed by atoms with Crippen LogP contribution < -0.4 is 10.2 Å². The summed E-state index contributed by atoms with van der Waals surface area (Å²) in [6, 6.07) is -0.458. The molecule has 2 atom stereocenters. The number of carbonyl (C=O) groups excluding carboxylic acids is 1. The molecule has 0 spiro atoms. The van der Waals surface area contributed by atoms with E-state index in [2.05, 4.69) is 15.3 Å². The van der Waals surface area contributed by atoms with E-state index in [1.165, 1.54) is 12.4 Å². The minimum atomic E-state index is -1.03. The first kappa shape index (κ1) is 18.0. The van der Waals surface area contributed by atoms with Crippen molar-refractivity contribution in [3.8, 4) is 0 Å². The van der Waals surface area contributed by atoms with Gasteiger partial charge in [0.1, 0.15) is 10.6 Å².